The molecular formula is C22H26BrClN2O4. The van der Waals surface area contributed by atoms with Gasteiger partial charge in [0.2, 0.25) is 0 Å². The van der Waals surface area contributed by atoms with Crippen molar-refractivity contribution in [2.45, 2.75) is 45.2 Å². The molecule has 1 amide bonds. The van der Waals surface area contributed by atoms with Crippen LogP contribution in [0.2, 0.25) is 5.15 Å². The molecule has 8 heteroatoms. The quantitative estimate of drug-likeness (QED) is 0.518. The third-order valence-corrected chi connectivity index (χ3v) is 4.99. The van der Waals surface area contributed by atoms with Crippen LogP contribution in [0.3, 0.4) is 0 Å². The van der Waals surface area contributed by atoms with Crippen LogP contribution in [-0.2, 0) is 20.8 Å². The Kier molecular flexibility index (Phi) is 7.74. The molecule has 0 aliphatic carbocycles. The molecule has 1 aromatic carbocycles. The lowest BCUT2D eigenvalue weighted by atomic mass is 10.1. The molecule has 2 atom stereocenters. The maximum atomic E-state index is 12.7. The molecule has 1 aliphatic rings. The molecule has 30 heavy (non-hydrogen) atoms. The molecule has 0 spiro atoms. The lowest BCUT2D eigenvalue weighted by Crippen LogP contribution is -2.49. The first kappa shape index (κ1) is 23.0. The minimum atomic E-state index is -0.576. The Morgan fingerprint density at radius 3 is 2.67 bits per heavy atom. The molecule has 0 radical (unpaired) electrons. The molecule has 3 rings (SSSR count). The van der Waals surface area contributed by atoms with E-state index in [1.807, 2.05) is 57.2 Å². The van der Waals surface area contributed by atoms with Gasteiger partial charge in [0.1, 0.15) is 21.5 Å². The summed E-state index contributed by atoms with van der Waals surface area (Å²) < 4.78 is 18.3. The van der Waals surface area contributed by atoms with Gasteiger partial charge in [-0.2, -0.15) is 0 Å². The second-order valence-electron chi connectivity index (χ2n) is 8.18. The van der Waals surface area contributed by atoms with E-state index in [0.717, 1.165) is 11.1 Å². The fraction of sp³-hybridized carbons (Fsp3) is 0.455. The largest absolute Gasteiger partial charge is 0.444 e. The van der Waals surface area contributed by atoms with E-state index < -0.39 is 5.60 Å². The molecule has 0 unspecified atom stereocenters. The molecule has 1 aliphatic heterocycles. The summed E-state index contributed by atoms with van der Waals surface area (Å²) in [6, 6.07) is 13.5. The number of carbonyl (C=O) groups is 1. The number of morpholine rings is 1. The van der Waals surface area contributed by atoms with Crippen molar-refractivity contribution in [2.75, 3.05) is 19.7 Å². The summed E-state index contributed by atoms with van der Waals surface area (Å²) in [7, 11) is 0. The summed E-state index contributed by atoms with van der Waals surface area (Å²) in [5.74, 6) is 0. The van der Waals surface area contributed by atoms with E-state index in [2.05, 4.69) is 20.9 Å². The summed E-state index contributed by atoms with van der Waals surface area (Å²) in [5.41, 5.74) is 1.34. The second-order valence-corrected chi connectivity index (χ2v) is 9.38. The van der Waals surface area contributed by atoms with Crippen molar-refractivity contribution in [1.82, 2.24) is 9.88 Å². The molecule has 2 heterocycles. The number of nitrogens with zero attached hydrogens (tertiary/aromatic N) is 2. The Bertz CT molecular complexity index is 840. The van der Waals surface area contributed by atoms with Crippen molar-refractivity contribution in [3.63, 3.8) is 0 Å². The lowest BCUT2D eigenvalue weighted by Gasteiger charge is -2.38. The Balaban J connectivity index is 1.71. The summed E-state index contributed by atoms with van der Waals surface area (Å²) >= 11 is 9.48. The predicted molar refractivity (Wildman–Crippen MR) is 118 cm³/mol. The number of carbonyl (C=O) groups excluding carboxylic acids is 1. The smallest absolute Gasteiger partial charge is 0.410 e. The first-order valence-electron chi connectivity index (χ1n) is 9.77. The van der Waals surface area contributed by atoms with E-state index in [-0.39, 0.29) is 18.3 Å². The number of rotatable bonds is 5. The maximum absolute atomic E-state index is 12.7. The van der Waals surface area contributed by atoms with Crippen LogP contribution in [0.15, 0.2) is 47.1 Å². The van der Waals surface area contributed by atoms with Crippen LogP contribution < -0.4 is 0 Å². The number of ether oxygens (including phenoxy) is 3. The van der Waals surface area contributed by atoms with E-state index in [9.17, 15) is 4.79 Å². The molecule has 2 aromatic rings. The highest BCUT2D eigenvalue weighted by Gasteiger charge is 2.34. The number of benzene rings is 1. The van der Waals surface area contributed by atoms with Gasteiger partial charge in [0.05, 0.1) is 32.4 Å². The topological polar surface area (TPSA) is 60.9 Å². The third-order valence-electron chi connectivity index (χ3n) is 4.39. The van der Waals surface area contributed by atoms with Crippen LogP contribution in [0.5, 0.6) is 0 Å². The van der Waals surface area contributed by atoms with Gasteiger partial charge in [0.25, 0.3) is 0 Å². The summed E-state index contributed by atoms with van der Waals surface area (Å²) in [6.07, 6.45) is -1.04. The van der Waals surface area contributed by atoms with Gasteiger partial charge in [0, 0.05) is 0 Å². The summed E-state index contributed by atoms with van der Waals surface area (Å²) in [6.45, 7) is 7.13. The van der Waals surface area contributed by atoms with Crippen molar-refractivity contribution in [2.24, 2.45) is 0 Å². The molecule has 1 saturated heterocycles. The van der Waals surface area contributed by atoms with Crippen LogP contribution in [0, 0.1) is 0 Å². The van der Waals surface area contributed by atoms with Gasteiger partial charge < -0.3 is 19.1 Å². The minimum Gasteiger partial charge on any atom is -0.444 e. The van der Waals surface area contributed by atoms with E-state index in [4.69, 9.17) is 25.8 Å². The third kappa shape index (κ3) is 6.94. The first-order valence-corrected chi connectivity index (χ1v) is 10.9. The van der Waals surface area contributed by atoms with Gasteiger partial charge in [-0.3, -0.25) is 0 Å². The van der Waals surface area contributed by atoms with Crippen LogP contribution in [0.1, 0.15) is 38.0 Å². The number of pyridine rings is 1. The highest BCUT2D eigenvalue weighted by Crippen LogP contribution is 2.29. The zero-order valence-corrected chi connectivity index (χ0v) is 19.6. The molecule has 1 aromatic heterocycles. The minimum absolute atomic E-state index is 0.300. The fourth-order valence-corrected chi connectivity index (χ4v) is 3.92. The van der Waals surface area contributed by atoms with Crippen LogP contribution in [0.4, 0.5) is 4.79 Å². The van der Waals surface area contributed by atoms with Gasteiger partial charge in [-0.15, -0.1) is 0 Å². The molecule has 1 fully saturated rings. The Hall–Kier alpha value is -1.67. The SMILES string of the molecule is CC(C)(C)OC(=O)N1C[C@@H](COCc2ccccc2)O[C@@H](c2cc(Cl)nc(Br)c2)C1. The zero-order valence-electron chi connectivity index (χ0n) is 17.3. The number of hydrogen-bond donors (Lipinski definition) is 0. The molecule has 0 bridgehead atoms. The fourth-order valence-electron chi connectivity index (χ4n) is 3.14. The van der Waals surface area contributed by atoms with Gasteiger partial charge in [-0.25, -0.2) is 9.78 Å². The average Bonchev–Trinajstić information content (AvgIpc) is 2.66. The van der Waals surface area contributed by atoms with Crippen LogP contribution >= 0.6 is 27.5 Å². The van der Waals surface area contributed by atoms with E-state index >= 15 is 0 Å². The Morgan fingerprint density at radius 1 is 1.27 bits per heavy atom. The number of hydrogen-bond acceptors (Lipinski definition) is 5. The second kappa shape index (κ2) is 10.1. The molecule has 0 saturated carbocycles. The Morgan fingerprint density at radius 2 is 2.00 bits per heavy atom. The van der Waals surface area contributed by atoms with Crippen molar-refractivity contribution in [1.29, 1.82) is 0 Å². The van der Waals surface area contributed by atoms with E-state index in [1.165, 1.54) is 0 Å². The number of halogens is 2. The van der Waals surface area contributed by atoms with Gasteiger partial charge in [-0.1, -0.05) is 41.9 Å². The monoisotopic (exact) mass is 496 g/mol. The van der Waals surface area contributed by atoms with E-state index in [0.29, 0.717) is 36.1 Å². The first-order chi connectivity index (χ1) is 14.2. The average molecular weight is 498 g/mol. The molecule has 162 valence electrons. The number of aromatic nitrogens is 1. The Labute approximate surface area is 190 Å². The van der Waals surface area contributed by atoms with Gasteiger partial charge in [0.15, 0.2) is 0 Å². The standard InChI is InChI=1S/C22H26BrClN2O4/c1-22(2,3)30-21(27)26-11-17(14-28-13-15-7-5-4-6-8-15)29-18(12-26)16-9-19(23)25-20(24)10-16/h4-10,17-18H,11-14H2,1-3H3/t17-,18+/m0/s1. The van der Waals surface area contributed by atoms with Crippen LogP contribution in [-0.4, -0.2) is 47.4 Å². The number of amides is 1. The highest BCUT2D eigenvalue weighted by molar-refractivity contribution is 9.10. The zero-order chi connectivity index (χ0) is 21.7. The van der Waals surface area contributed by atoms with Crippen molar-refractivity contribution in [3.8, 4) is 0 Å². The molecule has 0 N–H and O–H groups in total. The van der Waals surface area contributed by atoms with Crippen LogP contribution in [0.25, 0.3) is 0 Å². The highest BCUT2D eigenvalue weighted by atomic mass is 79.9. The maximum Gasteiger partial charge on any atom is 0.410 e. The van der Waals surface area contributed by atoms with Crippen molar-refractivity contribution < 1.29 is 19.0 Å². The molecular weight excluding hydrogens is 472 g/mol. The van der Waals surface area contributed by atoms with Gasteiger partial charge >= 0.3 is 6.09 Å². The molecule has 6 nitrogen and oxygen atoms in total. The normalized spacial score (nSPS) is 19.6. The van der Waals surface area contributed by atoms with E-state index in [1.54, 1.807) is 11.0 Å². The van der Waals surface area contributed by atoms with Crippen molar-refractivity contribution in [3.05, 3.63) is 63.3 Å². The van der Waals surface area contributed by atoms with Crippen molar-refractivity contribution >= 4 is 33.6 Å². The predicted octanol–water partition coefficient (Wildman–Crippen LogP) is 5.39. The van der Waals surface area contributed by atoms with Gasteiger partial charge in [-0.05, 0) is 60.0 Å². The lowest BCUT2D eigenvalue weighted by molar-refractivity contribution is -0.116. The summed E-state index contributed by atoms with van der Waals surface area (Å²) in [4.78, 5) is 18.5. The summed E-state index contributed by atoms with van der Waals surface area (Å²) in [5, 5.41) is 0.356.